The van der Waals surface area contributed by atoms with E-state index >= 15 is 0 Å². The van der Waals surface area contributed by atoms with Crippen molar-refractivity contribution in [3.63, 3.8) is 0 Å². The van der Waals surface area contributed by atoms with E-state index in [2.05, 4.69) is 9.05 Å². The van der Waals surface area contributed by atoms with Gasteiger partial charge in [0.1, 0.15) is 11.5 Å². The number of phosphoric acid groups is 4. The van der Waals surface area contributed by atoms with Gasteiger partial charge in [0.25, 0.3) is 0 Å². The molecule has 16 nitrogen and oxygen atoms in total. The van der Waals surface area contributed by atoms with Crippen molar-refractivity contribution in [1.82, 2.24) is 0 Å². The average Bonchev–Trinajstić information content (AvgIpc) is 2.18. The van der Waals surface area contributed by atoms with Crippen molar-refractivity contribution in [2.75, 3.05) is 0 Å². The van der Waals surface area contributed by atoms with E-state index in [9.17, 15) is 9.13 Å². The summed E-state index contributed by atoms with van der Waals surface area (Å²) in [7, 11) is -18.7. The molecule has 0 fully saturated rings. The van der Waals surface area contributed by atoms with Gasteiger partial charge in [-0.1, -0.05) is 6.07 Å². The number of phosphoric ester groups is 2. The molecule has 0 bridgehead atoms. The quantitative estimate of drug-likeness (QED) is 0.232. The standard InChI is InChI=1S/C6H8O8P2.2H3O4P/c7-15(8,9)13-5-2-1-3-6(4-5)14-16(10,11)12;2*1-5(2,3)4/h1-4H,(H2,7,8,9)(H2,10,11,12);2*(H3,1,2,3,4). The van der Waals surface area contributed by atoms with Gasteiger partial charge in [-0.25, -0.2) is 18.3 Å². The van der Waals surface area contributed by atoms with Crippen LogP contribution in [-0.2, 0) is 18.3 Å². The predicted molar refractivity (Wildman–Crippen MR) is 80.3 cm³/mol. The van der Waals surface area contributed by atoms with E-state index in [0.29, 0.717) is 0 Å². The van der Waals surface area contributed by atoms with Gasteiger partial charge >= 0.3 is 31.3 Å². The van der Waals surface area contributed by atoms with E-state index in [1.807, 2.05) is 0 Å². The van der Waals surface area contributed by atoms with Gasteiger partial charge in [-0.3, -0.25) is 19.6 Å². The third kappa shape index (κ3) is 31.1. The lowest BCUT2D eigenvalue weighted by Gasteiger charge is -2.09. The van der Waals surface area contributed by atoms with E-state index in [-0.39, 0.29) is 11.5 Å². The molecule has 0 aliphatic carbocycles. The first kappa shape index (κ1) is 27.6. The molecule has 0 radical (unpaired) electrons. The molecule has 1 rings (SSSR count). The maximum atomic E-state index is 10.5. The largest absolute Gasteiger partial charge is 0.524 e. The lowest BCUT2D eigenvalue weighted by Crippen LogP contribution is -1.92. The van der Waals surface area contributed by atoms with Crippen LogP contribution >= 0.6 is 31.3 Å². The summed E-state index contributed by atoms with van der Waals surface area (Å²) in [4.78, 5) is 77.1. The summed E-state index contributed by atoms with van der Waals surface area (Å²) >= 11 is 0. The van der Waals surface area contributed by atoms with Gasteiger partial charge in [0.05, 0.1) is 0 Å². The van der Waals surface area contributed by atoms with Gasteiger partial charge < -0.3 is 38.4 Å². The van der Waals surface area contributed by atoms with E-state index in [1.54, 1.807) is 0 Å². The van der Waals surface area contributed by atoms with Crippen LogP contribution in [0.3, 0.4) is 0 Å². The first-order chi connectivity index (χ1) is 11.2. The lowest BCUT2D eigenvalue weighted by molar-refractivity contribution is 0.272. The number of hydrogen-bond acceptors (Lipinski definition) is 6. The molecular weight excluding hydrogens is 452 g/mol. The van der Waals surface area contributed by atoms with E-state index in [0.717, 1.165) is 6.07 Å². The summed E-state index contributed by atoms with van der Waals surface area (Å²) in [6.07, 6.45) is 0. The highest BCUT2D eigenvalue weighted by atomic mass is 31.2. The molecule has 1 aromatic carbocycles. The zero-order valence-electron chi connectivity index (χ0n) is 12.0. The molecule has 26 heavy (non-hydrogen) atoms. The Morgan fingerprint density at radius 3 is 1.00 bits per heavy atom. The minimum atomic E-state index is -4.71. The molecule has 0 saturated carbocycles. The minimum absolute atomic E-state index is 0.265. The number of hydrogen-bond donors (Lipinski definition) is 10. The summed E-state index contributed by atoms with van der Waals surface area (Å²) in [5.74, 6) is -0.529. The maximum absolute atomic E-state index is 10.5. The molecule has 10 N–H and O–H groups in total. The van der Waals surface area contributed by atoms with Crippen LogP contribution in [0.1, 0.15) is 0 Å². The SMILES string of the molecule is O=P(O)(O)O.O=P(O)(O)O.O=P(O)(O)Oc1cccc(OP(=O)(O)O)c1. The number of benzene rings is 1. The van der Waals surface area contributed by atoms with Crippen LogP contribution in [0.15, 0.2) is 24.3 Å². The fourth-order valence-electron chi connectivity index (χ4n) is 0.862. The van der Waals surface area contributed by atoms with Crippen LogP contribution in [0.4, 0.5) is 0 Å². The Bertz CT molecular complexity index is 659. The van der Waals surface area contributed by atoms with Crippen molar-refractivity contribution < 1.29 is 76.2 Å². The second-order valence-electron chi connectivity index (χ2n) is 3.67. The van der Waals surface area contributed by atoms with Crippen molar-refractivity contribution >= 4 is 31.3 Å². The fourth-order valence-corrected chi connectivity index (χ4v) is 1.64. The Morgan fingerprint density at radius 1 is 0.577 bits per heavy atom. The summed E-state index contributed by atoms with van der Waals surface area (Å²) < 4.78 is 47.1. The molecule has 0 saturated heterocycles. The molecule has 0 aliphatic rings. The normalized spacial score (nSPS) is 12.1. The Hall–Kier alpha value is -0.660. The molecular formula is C6H14O16P4. The second-order valence-corrected chi connectivity index (χ2v) is 8.05. The third-order valence-corrected chi connectivity index (χ3v) is 2.15. The highest BCUT2D eigenvalue weighted by Gasteiger charge is 2.19. The van der Waals surface area contributed by atoms with E-state index < -0.39 is 31.3 Å². The smallest absolute Gasteiger partial charge is 0.404 e. The minimum Gasteiger partial charge on any atom is -0.404 e. The molecule has 0 unspecified atom stereocenters. The molecule has 0 atom stereocenters. The lowest BCUT2D eigenvalue weighted by atomic mass is 10.3. The molecule has 0 spiro atoms. The van der Waals surface area contributed by atoms with Gasteiger partial charge in [0.2, 0.25) is 0 Å². The van der Waals surface area contributed by atoms with Crippen LogP contribution in [0.5, 0.6) is 11.5 Å². The summed E-state index contributed by atoms with van der Waals surface area (Å²) in [6, 6.07) is 4.60. The molecule has 154 valence electrons. The molecule has 0 aromatic heterocycles. The van der Waals surface area contributed by atoms with Crippen molar-refractivity contribution in [2.24, 2.45) is 0 Å². The first-order valence-corrected chi connectivity index (χ1v) is 11.5. The third-order valence-electron chi connectivity index (χ3n) is 1.25. The Labute approximate surface area is 144 Å². The summed E-state index contributed by atoms with van der Waals surface area (Å²) in [5.41, 5.74) is 0. The maximum Gasteiger partial charge on any atom is 0.524 e. The van der Waals surface area contributed by atoms with E-state index in [1.165, 1.54) is 18.2 Å². The Balaban J connectivity index is 0. The molecule has 0 amide bonds. The molecule has 1 aromatic rings. The Morgan fingerprint density at radius 2 is 0.808 bits per heavy atom. The topological polar surface area (TPSA) is 289 Å². The van der Waals surface area contributed by atoms with Gasteiger partial charge in [-0.05, 0) is 12.1 Å². The monoisotopic (exact) mass is 466 g/mol. The number of rotatable bonds is 4. The zero-order chi connectivity index (χ0) is 21.4. The van der Waals surface area contributed by atoms with Crippen molar-refractivity contribution in [3.8, 4) is 11.5 Å². The van der Waals surface area contributed by atoms with Crippen LogP contribution < -0.4 is 9.05 Å². The van der Waals surface area contributed by atoms with Crippen LogP contribution in [0, 0.1) is 0 Å². The van der Waals surface area contributed by atoms with Crippen molar-refractivity contribution in [1.29, 1.82) is 0 Å². The van der Waals surface area contributed by atoms with E-state index in [4.69, 9.17) is 58.1 Å². The van der Waals surface area contributed by atoms with Gasteiger partial charge in [-0.2, -0.15) is 0 Å². The van der Waals surface area contributed by atoms with Crippen molar-refractivity contribution in [2.45, 2.75) is 0 Å². The van der Waals surface area contributed by atoms with Gasteiger partial charge in [-0.15, -0.1) is 0 Å². The van der Waals surface area contributed by atoms with Gasteiger partial charge in [0.15, 0.2) is 0 Å². The molecule has 0 aliphatic heterocycles. The zero-order valence-corrected chi connectivity index (χ0v) is 15.6. The summed E-state index contributed by atoms with van der Waals surface area (Å²) in [5, 5.41) is 0. The fraction of sp³-hybridized carbons (Fsp3) is 0. The van der Waals surface area contributed by atoms with Crippen molar-refractivity contribution in [3.05, 3.63) is 24.3 Å². The molecule has 20 heteroatoms. The highest BCUT2D eigenvalue weighted by molar-refractivity contribution is 7.47. The summed E-state index contributed by atoms with van der Waals surface area (Å²) in [6.45, 7) is 0. The Kier molecular flexibility index (Phi) is 11.3. The first-order valence-electron chi connectivity index (χ1n) is 5.33. The highest BCUT2D eigenvalue weighted by Crippen LogP contribution is 2.41. The van der Waals surface area contributed by atoms with Crippen LogP contribution in [-0.4, -0.2) is 48.9 Å². The second kappa shape index (κ2) is 10.6. The van der Waals surface area contributed by atoms with Crippen LogP contribution in [0.25, 0.3) is 0 Å². The average molecular weight is 466 g/mol. The molecule has 0 heterocycles. The van der Waals surface area contributed by atoms with Gasteiger partial charge in [0, 0.05) is 6.07 Å². The predicted octanol–water partition coefficient (Wildman–Crippen LogP) is -1.23. The van der Waals surface area contributed by atoms with Crippen LogP contribution in [0.2, 0.25) is 0 Å².